The third kappa shape index (κ3) is 3.77. The second kappa shape index (κ2) is 7.58. The first kappa shape index (κ1) is 17.8. The maximum absolute atomic E-state index is 13.8. The number of amides is 1. The molecule has 3 nitrogen and oxygen atoms in total. The predicted octanol–water partition coefficient (Wildman–Crippen LogP) is 4.61. The number of benzene rings is 2. The highest BCUT2D eigenvalue weighted by molar-refractivity contribution is 7.10. The van der Waals surface area contributed by atoms with Crippen molar-refractivity contribution in [1.29, 1.82) is 0 Å². The largest absolute Gasteiger partial charge is 0.322 e. The Bertz CT molecular complexity index is 958. The van der Waals surface area contributed by atoms with Gasteiger partial charge in [0.1, 0.15) is 11.6 Å². The summed E-state index contributed by atoms with van der Waals surface area (Å²) in [4.78, 5) is 16.0. The Morgan fingerprint density at radius 3 is 2.74 bits per heavy atom. The lowest BCUT2D eigenvalue weighted by molar-refractivity contribution is -0.117. The topological polar surface area (TPSA) is 32.3 Å². The zero-order valence-corrected chi connectivity index (χ0v) is 15.3. The molecule has 4 rings (SSSR count). The van der Waals surface area contributed by atoms with Crippen molar-refractivity contribution in [2.45, 2.75) is 12.5 Å². The number of nitrogens with one attached hydrogen (secondary N) is 1. The number of carbonyl (C=O) groups is 1. The van der Waals surface area contributed by atoms with Crippen molar-refractivity contribution in [3.63, 3.8) is 0 Å². The van der Waals surface area contributed by atoms with Crippen LogP contribution >= 0.6 is 11.3 Å². The smallest absolute Gasteiger partial charge is 0.238 e. The van der Waals surface area contributed by atoms with Crippen molar-refractivity contribution < 1.29 is 13.6 Å². The van der Waals surface area contributed by atoms with E-state index >= 15 is 0 Å². The van der Waals surface area contributed by atoms with Crippen molar-refractivity contribution in [3.8, 4) is 0 Å². The molecule has 0 spiro atoms. The van der Waals surface area contributed by atoms with Gasteiger partial charge in [-0.15, -0.1) is 11.3 Å². The van der Waals surface area contributed by atoms with Gasteiger partial charge in [-0.05, 0) is 41.1 Å². The van der Waals surface area contributed by atoms with Gasteiger partial charge in [0.05, 0.1) is 18.3 Å². The highest BCUT2D eigenvalue weighted by Crippen LogP contribution is 2.37. The van der Waals surface area contributed by atoms with Crippen LogP contribution in [0.15, 0.2) is 60.0 Å². The lowest BCUT2D eigenvalue weighted by Crippen LogP contribution is -2.40. The summed E-state index contributed by atoms with van der Waals surface area (Å²) < 4.78 is 26.9. The van der Waals surface area contributed by atoms with Gasteiger partial charge in [-0.2, -0.15) is 0 Å². The number of hydrogen-bond donors (Lipinski definition) is 1. The van der Waals surface area contributed by atoms with Crippen LogP contribution in [0.1, 0.15) is 22.0 Å². The minimum atomic E-state index is -0.776. The first-order chi connectivity index (χ1) is 13.1. The fourth-order valence-electron chi connectivity index (χ4n) is 3.53. The van der Waals surface area contributed by atoms with Crippen LogP contribution in [0.25, 0.3) is 0 Å². The van der Waals surface area contributed by atoms with Crippen LogP contribution in [0.3, 0.4) is 0 Å². The zero-order chi connectivity index (χ0) is 18.8. The number of nitrogens with zero attached hydrogens (tertiary/aromatic N) is 1. The second-order valence-corrected chi connectivity index (χ2v) is 7.51. The molecule has 1 aromatic heterocycles. The molecule has 2 aromatic carbocycles. The Balaban J connectivity index is 1.56. The van der Waals surface area contributed by atoms with Crippen LogP contribution in [0.5, 0.6) is 0 Å². The Morgan fingerprint density at radius 1 is 1.15 bits per heavy atom. The summed E-state index contributed by atoms with van der Waals surface area (Å²) in [5.41, 5.74) is 2.33. The Morgan fingerprint density at radius 2 is 1.96 bits per heavy atom. The third-order valence-electron chi connectivity index (χ3n) is 4.73. The molecular formula is C21H18F2N2OS. The number of rotatable bonds is 4. The summed E-state index contributed by atoms with van der Waals surface area (Å²) in [6.45, 7) is 0.873. The van der Waals surface area contributed by atoms with Crippen LogP contribution in [0.2, 0.25) is 0 Å². The molecule has 0 saturated heterocycles. The predicted molar refractivity (Wildman–Crippen MR) is 103 cm³/mol. The van der Waals surface area contributed by atoms with Crippen molar-refractivity contribution in [2.24, 2.45) is 0 Å². The summed E-state index contributed by atoms with van der Waals surface area (Å²) in [5, 5.41) is 4.64. The van der Waals surface area contributed by atoms with Crippen molar-refractivity contribution >= 4 is 22.9 Å². The summed E-state index contributed by atoms with van der Waals surface area (Å²) in [6.07, 6.45) is 0.883. The Labute approximate surface area is 160 Å². The first-order valence-corrected chi connectivity index (χ1v) is 9.60. The maximum atomic E-state index is 13.8. The molecule has 138 valence electrons. The zero-order valence-electron chi connectivity index (χ0n) is 14.5. The SMILES string of the molecule is O=C(CN1CCc2sccc2[C@H]1c1ccccc1)Nc1ccc(F)cc1F. The fourth-order valence-corrected chi connectivity index (χ4v) is 4.43. The lowest BCUT2D eigenvalue weighted by atomic mass is 9.93. The van der Waals surface area contributed by atoms with Gasteiger partial charge in [-0.25, -0.2) is 8.78 Å². The highest BCUT2D eigenvalue weighted by Gasteiger charge is 2.30. The Hall–Kier alpha value is -2.57. The number of fused-ring (bicyclic) bond motifs is 1. The number of halogens is 2. The fraction of sp³-hybridized carbons (Fsp3) is 0.190. The molecule has 0 radical (unpaired) electrons. The van der Waals surface area contributed by atoms with Gasteiger partial charge in [-0.1, -0.05) is 30.3 Å². The molecule has 1 aliphatic rings. The molecule has 2 heterocycles. The second-order valence-electron chi connectivity index (χ2n) is 6.51. The summed E-state index contributed by atoms with van der Waals surface area (Å²) in [7, 11) is 0. The molecule has 27 heavy (non-hydrogen) atoms. The van der Waals surface area contributed by atoms with E-state index in [4.69, 9.17) is 0 Å². The van der Waals surface area contributed by atoms with E-state index in [0.717, 1.165) is 30.7 Å². The molecule has 0 saturated carbocycles. The molecule has 0 aliphatic carbocycles. The minimum absolute atomic E-state index is 0.00843. The molecule has 0 bridgehead atoms. The average molecular weight is 384 g/mol. The summed E-state index contributed by atoms with van der Waals surface area (Å²) in [5.74, 6) is -1.77. The van der Waals surface area contributed by atoms with E-state index in [0.29, 0.717) is 0 Å². The number of hydrogen-bond acceptors (Lipinski definition) is 3. The van der Waals surface area contributed by atoms with Crippen molar-refractivity contribution in [3.05, 3.63) is 87.6 Å². The highest BCUT2D eigenvalue weighted by atomic mass is 32.1. The third-order valence-corrected chi connectivity index (χ3v) is 5.73. The normalized spacial score (nSPS) is 16.7. The molecular weight excluding hydrogens is 366 g/mol. The summed E-state index contributed by atoms with van der Waals surface area (Å²) >= 11 is 1.74. The molecule has 1 atom stereocenters. The van der Waals surface area contributed by atoms with E-state index in [2.05, 4.69) is 33.8 Å². The number of thiophene rings is 1. The van der Waals surface area contributed by atoms with Gasteiger partial charge in [0.25, 0.3) is 0 Å². The van der Waals surface area contributed by atoms with Gasteiger partial charge in [0, 0.05) is 17.5 Å². The molecule has 1 aliphatic heterocycles. The molecule has 0 unspecified atom stereocenters. The van der Waals surface area contributed by atoms with E-state index in [1.807, 2.05) is 18.2 Å². The van der Waals surface area contributed by atoms with Gasteiger partial charge < -0.3 is 5.32 Å². The van der Waals surface area contributed by atoms with E-state index in [-0.39, 0.29) is 24.2 Å². The Kier molecular flexibility index (Phi) is 5.01. The lowest BCUT2D eigenvalue weighted by Gasteiger charge is -2.35. The van der Waals surface area contributed by atoms with Gasteiger partial charge in [0.15, 0.2) is 0 Å². The quantitative estimate of drug-likeness (QED) is 0.712. The number of carbonyl (C=O) groups excluding carboxylic acids is 1. The van der Waals surface area contributed by atoms with Crippen LogP contribution < -0.4 is 5.32 Å². The van der Waals surface area contributed by atoms with Gasteiger partial charge in [0.2, 0.25) is 5.91 Å². The van der Waals surface area contributed by atoms with Crippen LogP contribution in [-0.4, -0.2) is 23.9 Å². The van der Waals surface area contributed by atoms with Crippen LogP contribution in [0, 0.1) is 11.6 Å². The number of anilines is 1. The van der Waals surface area contributed by atoms with Crippen molar-refractivity contribution in [2.75, 3.05) is 18.4 Å². The molecule has 6 heteroatoms. The summed E-state index contributed by atoms with van der Waals surface area (Å²) in [6, 6.07) is 15.3. The molecule has 1 N–H and O–H groups in total. The standard InChI is InChI=1S/C21H18F2N2OS/c22-15-6-7-18(17(23)12-15)24-20(26)13-25-10-8-19-16(9-11-27-19)21(25)14-4-2-1-3-5-14/h1-7,9,11-12,21H,8,10,13H2,(H,24,26)/t21-/m1/s1. The van der Waals surface area contributed by atoms with Crippen molar-refractivity contribution in [1.82, 2.24) is 4.90 Å². The van der Waals surface area contributed by atoms with Crippen LogP contribution in [-0.2, 0) is 11.2 Å². The molecule has 1 amide bonds. The maximum Gasteiger partial charge on any atom is 0.238 e. The van der Waals surface area contributed by atoms with Gasteiger partial charge in [-0.3, -0.25) is 9.69 Å². The minimum Gasteiger partial charge on any atom is -0.322 e. The first-order valence-electron chi connectivity index (χ1n) is 8.72. The molecule has 0 fully saturated rings. The van der Waals surface area contributed by atoms with E-state index < -0.39 is 11.6 Å². The molecule has 3 aromatic rings. The van der Waals surface area contributed by atoms with Crippen LogP contribution in [0.4, 0.5) is 14.5 Å². The van der Waals surface area contributed by atoms with E-state index in [1.54, 1.807) is 11.3 Å². The average Bonchev–Trinajstić information content (AvgIpc) is 3.13. The van der Waals surface area contributed by atoms with E-state index in [9.17, 15) is 13.6 Å². The van der Waals surface area contributed by atoms with E-state index in [1.165, 1.54) is 16.5 Å². The van der Waals surface area contributed by atoms with Gasteiger partial charge >= 0.3 is 0 Å². The monoisotopic (exact) mass is 384 g/mol.